The van der Waals surface area contributed by atoms with E-state index in [9.17, 15) is 19.2 Å². The molecule has 7 nitrogen and oxygen atoms in total. The first-order valence-corrected chi connectivity index (χ1v) is 10.5. The van der Waals surface area contributed by atoms with Crippen molar-refractivity contribution >= 4 is 29.3 Å². The fraction of sp³-hybridized carbons (Fsp3) is 0.333. The Kier molecular flexibility index (Phi) is 6.84. The van der Waals surface area contributed by atoms with Crippen molar-refractivity contribution in [1.82, 2.24) is 10.2 Å². The van der Waals surface area contributed by atoms with E-state index in [0.717, 1.165) is 11.3 Å². The number of carbonyl (C=O) groups is 4. The molecule has 1 aliphatic rings. The number of nitrogens with zero attached hydrogens (tertiary/aromatic N) is 1. The van der Waals surface area contributed by atoms with Gasteiger partial charge in [0.05, 0.1) is 11.1 Å². The minimum Gasteiger partial charge on any atom is -0.352 e. The average molecular weight is 421 g/mol. The van der Waals surface area contributed by atoms with Crippen molar-refractivity contribution in [2.75, 3.05) is 11.9 Å². The number of fused-ring (bicyclic) bond motifs is 1. The smallest absolute Gasteiger partial charge is 0.262 e. The lowest BCUT2D eigenvalue weighted by Gasteiger charge is -2.26. The molecule has 1 heterocycles. The van der Waals surface area contributed by atoms with Gasteiger partial charge in [0.2, 0.25) is 5.91 Å². The quantitative estimate of drug-likeness (QED) is 0.638. The molecule has 4 amide bonds. The molecule has 0 radical (unpaired) electrons. The largest absolute Gasteiger partial charge is 0.352 e. The van der Waals surface area contributed by atoms with Crippen molar-refractivity contribution in [2.24, 2.45) is 5.92 Å². The number of hydrogen-bond donors (Lipinski definition) is 2. The molecule has 0 aliphatic carbocycles. The van der Waals surface area contributed by atoms with Gasteiger partial charge in [0.15, 0.2) is 0 Å². The SMILES string of the molecule is CCCNC(=O)c1cccc(NC(=O)[C@@H](CC(C)C)N2C(=O)c3ccccc3C2=O)c1. The molecule has 2 aromatic rings. The molecule has 1 aliphatic heterocycles. The minimum absolute atomic E-state index is 0.0752. The number of rotatable bonds is 8. The van der Waals surface area contributed by atoms with Gasteiger partial charge in [0.25, 0.3) is 17.7 Å². The summed E-state index contributed by atoms with van der Waals surface area (Å²) in [5, 5.41) is 5.57. The Morgan fingerprint density at radius 1 is 0.968 bits per heavy atom. The summed E-state index contributed by atoms with van der Waals surface area (Å²) in [6.45, 7) is 6.38. The van der Waals surface area contributed by atoms with E-state index in [-0.39, 0.29) is 11.8 Å². The zero-order valence-electron chi connectivity index (χ0n) is 18.0. The van der Waals surface area contributed by atoms with Crippen molar-refractivity contribution in [3.63, 3.8) is 0 Å². The number of amides is 4. The van der Waals surface area contributed by atoms with Crippen LogP contribution in [0, 0.1) is 5.92 Å². The van der Waals surface area contributed by atoms with Gasteiger partial charge in [-0.2, -0.15) is 0 Å². The normalized spacial score (nSPS) is 13.9. The molecule has 0 fully saturated rings. The second kappa shape index (κ2) is 9.55. The van der Waals surface area contributed by atoms with Crippen molar-refractivity contribution in [3.8, 4) is 0 Å². The van der Waals surface area contributed by atoms with Crippen molar-refractivity contribution in [3.05, 3.63) is 65.2 Å². The standard InChI is InChI=1S/C24H27N3O4/c1-4-12-25-21(28)16-8-7-9-17(14-16)26-22(29)20(13-15(2)3)27-23(30)18-10-5-6-11-19(18)24(27)31/h5-11,14-15,20H,4,12-13H2,1-3H3,(H,25,28)(H,26,29)/t20-/m1/s1. The third-order valence-corrected chi connectivity index (χ3v) is 5.06. The summed E-state index contributed by atoms with van der Waals surface area (Å²) in [7, 11) is 0. The summed E-state index contributed by atoms with van der Waals surface area (Å²) in [6, 6.07) is 12.2. The molecule has 0 unspecified atom stereocenters. The van der Waals surface area contributed by atoms with Gasteiger partial charge in [-0.1, -0.05) is 39.0 Å². The van der Waals surface area contributed by atoms with Gasteiger partial charge in [-0.15, -0.1) is 0 Å². The number of imide groups is 1. The zero-order chi connectivity index (χ0) is 22.5. The first kappa shape index (κ1) is 22.2. The van der Waals surface area contributed by atoms with Crippen molar-refractivity contribution in [2.45, 2.75) is 39.7 Å². The monoisotopic (exact) mass is 421 g/mol. The molecule has 2 aromatic carbocycles. The highest BCUT2D eigenvalue weighted by Gasteiger charge is 2.42. The van der Waals surface area contributed by atoms with Crippen LogP contribution in [0.2, 0.25) is 0 Å². The van der Waals surface area contributed by atoms with E-state index in [1.807, 2.05) is 20.8 Å². The van der Waals surface area contributed by atoms with E-state index >= 15 is 0 Å². The molecule has 2 N–H and O–H groups in total. The summed E-state index contributed by atoms with van der Waals surface area (Å²) in [5.41, 5.74) is 1.47. The van der Waals surface area contributed by atoms with Crippen LogP contribution in [-0.4, -0.2) is 41.1 Å². The first-order valence-electron chi connectivity index (χ1n) is 10.5. The highest BCUT2D eigenvalue weighted by Crippen LogP contribution is 2.27. The van der Waals surface area contributed by atoms with Gasteiger partial charge in [0, 0.05) is 17.8 Å². The maximum Gasteiger partial charge on any atom is 0.262 e. The highest BCUT2D eigenvalue weighted by atomic mass is 16.2. The lowest BCUT2D eigenvalue weighted by Crippen LogP contribution is -2.48. The third-order valence-electron chi connectivity index (χ3n) is 5.06. The van der Waals surface area contributed by atoms with Crippen molar-refractivity contribution < 1.29 is 19.2 Å². The van der Waals surface area contributed by atoms with Crippen molar-refractivity contribution in [1.29, 1.82) is 0 Å². The molecule has 0 spiro atoms. The molecule has 7 heteroatoms. The van der Waals surface area contributed by atoms with Gasteiger partial charge in [-0.05, 0) is 49.1 Å². The van der Waals surface area contributed by atoms with Crippen LogP contribution in [0.5, 0.6) is 0 Å². The fourth-order valence-corrected chi connectivity index (χ4v) is 3.57. The van der Waals surface area contributed by atoms with Crippen LogP contribution >= 0.6 is 0 Å². The molecular formula is C24H27N3O4. The molecule has 162 valence electrons. The maximum atomic E-state index is 13.2. The molecule has 0 saturated carbocycles. The predicted molar refractivity (Wildman–Crippen MR) is 118 cm³/mol. The van der Waals surface area contributed by atoms with E-state index in [4.69, 9.17) is 0 Å². The fourth-order valence-electron chi connectivity index (χ4n) is 3.57. The van der Waals surface area contributed by atoms with Gasteiger partial charge in [0.1, 0.15) is 6.04 Å². The molecule has 0 aromatic heterocycles. The maximum absolute atomic E-state index is 13.2. The molecule has 0 saturated heterocycles. The van der Waals surface area contributed by atoms with Crippen LogP contribution < -0.4 is 10.6 Å². The summed E-state index contributed by atoms with van der Waals surface area (Å²) < 4.78 is 0. The Morgan fingerprint density at radius 2 is 1.61 bits per heavy atom. The topological polar surface area (TPSA) is 95.6 Å². The third kappa shape index (κ3) is 4.82. The summed E-state index contributed by atoms with van der Waals surface area (Å²) in [5.74, 6) is -1.54. The van der Waals surface area contributed by atoms with Crippen LogP contribution in [0.25, 0.3) is 0 Å². The Morgan fingerprint density at radius 3 is 2.19 bits per heavy atom. The zero-order valence-corrected chi connectivity index (χ0v) is 18.0. The minimum atomic E-state index is -0.954. The summed E-state index contributed by atoms with van der Waals surface area (Å²) >= 11 is 0. The molecule has 31 heavy (non-hydrogen) atoms. The van der Waals surface area contributed by atoms with Crippen LogP contribution in [0.15, 0.2) is 48.5 Å². The predicted octanol–water partition coefficient (Wildman–Crippen LogP) is 3.48. The van der Waals surface area contributed by atoms with Gasteiger partial charge >= 0.3 is 0 Å². The highest BCUT2D eigenvalue weighted by molar-refractivity contribution is 6.23. The number of nitrogens with one attached hydrogen (secondary N) is 2. The number of benzene rings is 2. The lowest BCUT2D eigenvalue weighted by atomic mass is 10.0. The molecule has 1 atom stereocenters. The number of anilines is 1. The van der Waals surface area contributed by atoms with Crippen LogP contribution in [0.3, 0.4) is 0 Å². The Bertz CT molecular complexity index is 980. The van der Waals surface area contributed by atoms with Gasteiger partial charge in [-0.25, -0.2) is 0 Å². The average Bonchev–Trinajstić information content (AvgIpc) is 3.00. The Hall–Kier alpha value is -3.48. The van der Waals surface area contributed by atoms with E-state index in [1.54, 1.807) is 48.5 Å². The van der Waals surface area contributed by atoms with Gasteiger partial charge < -0.3 is 10.6 Å². The number of hydrogen-bond acceptors (Lipinski definition) is 4. The molecule has 0 bridgehead atoms. The Labute approximate surface area is 181 Å². The lowest BCUT2D eigenvalue weighted by molar-refractivity contribution is -0.120. The van der Waals surface area contributed by atoms with Crippen LogP contribution in [-0.2, 0) is 4.79 Å². The molecular weight excluding hydrogens is 394 g/mol. The van der Waals surface area contributed by atoms with Gasteiger partial charge in [-0.3, -0.25) is 24.1 Å². The summed E-state index contributed by atoms with van der Waals surface area (Å²) in [6.07, 6.45) is 1.15. The van der Waals surface area contributed by atoms with E-state index in [2.05, 4.69) is 10.6 Å². The van der Waals surface area contributed by atoms with Crippen LogP contribution in [0.1, 0.15) is 64.7 Å². The second-order valence-electron chi connectivity index (χ2n) is 8.00. The second-order valence-corrected chi connectivity index (χ2v) is 8.00. The summed E-state index contributed by atoms with van der Waals surface area (Å²) in [4.78, 5) is 52.3. The Balaban J connectivity index is 1.83. The van der Waals surface area contributed by atoms with Crippen LogP contribution in [0.4, 0.5) is 5.69 Å². The van der Waals surface area contributed by atoms with E-state index < -0.39 is 23.8 Å². The van der Waals surface area contributed by atoms with E-state index in [0.29, 0.717) is 35.3 Å². The first-order chi connectivity index (χ1) is 14.8. The number of carbonyl (C=O) groups excluding carboxylic acids is 4. The molecule has 3 rings (SSSR count). The van der Waals surface area contributed by atoms with E-state index in [1.165, 1.54) is 0 Å².